The molecule has 0 fully saturated rings. The van der Waals surface area contributed by atoms with Gasteiger partial charge >= 0.3 is 0 Å². The zero-order valence-corrected chi connectivity index (χ0v) is 16.2. The van der Waals surface area contributed by atoms with Crippen molar-refractivity contribution in [3.05, 3.63) is 71.6 Å². The van der Waals surface area contributed by atoms with Crippen LogP contribution in [0.4, 0.5) is 17.5 Å². The quantitative estimate of drug-likeness (QED) is 0.324. The molecule has 5 aromatic rings. The lowest BCUT2D eigenvalue weighted by Gasteiger charge is -2.12. The summed E-state index contributed by atoms with van der Waals surface area (Å²) in [7, 11) is 0. The fraction of sp³-hybridized carbons (Fsp3) is 0.0952. The van der Waals surface area contributed by atoms with Crippen LogP contribution in [-0.2, 0) is 6.42 Å². The maximum absolute atomic E-state index is 6.22. The molecule has 0 aliphatic carbocycles. The molecule has 0 saturated heterocycles. The van der Waals surface area contributed by atoms with Crippen LogP contribution in [0.25, 0.3) is 21.8 Å². The summed E-state index contributed by atoms with van der Waals surface area (Å²) in [6, 6.07) is 13.7. The minimum absolute atomic E-state index is 0.572. The summed E-state index contributed by atoms with van der Waals surface area (Å²) < 4.78 is 0. The highest BCUT2D eigenvalue weighted by atomic mass is 35.5. The van der Waals surface area contributed by atoms with E-state index in [0.29, 0.717) is 16.8 Å². The molecule has 5 rings (SSSR count). The van der Waals surface area contributed by atoms with Gasteiger partial charge in [-0.2, -0.15) is 10.1 Å². The van der Waals surface area contributed by atoms with Crippen molar-refractivity contribution in [2.24, 2.45) is 0 Å². The first-order valence-electron chi connectivity index (χ1n) is 9.28. The number of hydrogen-bond donors (Lipinski definition) is 4. The van der Waals surface area contributed by atoms with Crippen LogP contribution in [0.3, 0.4) is 0 Å². The van der Waals surface area contributed by atoms with Crippen molar-refractivity contribution in [3.63, 3.8) is 0 Å². The summed E-state index contributed by atoms with van der Waals surface area (Å²) in [5, 5.41) is 16.3. The number of halogens is 1. The van der Waals surface area contributed by atoms with Crippen molar-refractivity contribution in [2.75, 3.05) is 17.2 Å². The first kappa shape index (κ1) is 17.5. The normalized spacial score (nSPS) is 11.2. The molecule has 29 heavy (non-hydrogen) atoms. The number of aromatic amines is 2. The van der Waals surface area contributed by atoms with Gasteiger partial charge in [0.2, 0.25) is 5.95 Å². The molecule has 3 aromatic heterocycles. The van der Waals surface area contributed by atoms with E-state index in [-0.39, 0.29) is 0 Å². The molecule has 0 aliphatic rings. The molecule has 0 amide bonds. The summed E-state index contributed by atoms with van der Waals surface area (Å²) in [6.07, 6.45) is 6.59. The minimum Gasteiger partial charge on any atom is -0.367 e. The zero-order valence-electron chi connectivity index (χ0n) is 15.4. The molecule has 4 N–H and O–H groups in total. The molecular weight excluding hydrogens is 386 g/mol. The molecule has 0 spiro atoms. The summed E-state index contributed by atoms with van der Waals surface area (Å²) in [6.45, 7) is 0.734. The Labute approximate surface area is 171 Å². The Morgan fingerprint density at radius 3 is 2.90 bits per heavy atom. The lowest BCUT2D eigenvalue weighted by atomic mass is 10.2. The predicted molar refractivity (Wildman–Crippen MR) is 117 cm³/mol. The fourth-order valence-electron chi connectivity index (χ4n) is 3.26. The number of nitrogens with one attached hydrogen (secondary N) is 4. The first-order valence-corrected chi connectivity index (χ1v) is 9.65. The highest BCUT2D eigenvalue weighted by molar-refractivity contribution is 6.31. The Hall–Kier alpha value is -3.58. The third kappa shape index (κ3) is 3.72. The molecule has 7 nitrogen and oxygen atoms in total. The number of benzene rings is 2. The minimum atomic E-state index is 0.572. The van der Waals surface area contributed by atoms with E-state index in [9.17, 15) is 0 Å². The number of fused-ring (bicyclic) bond motifs is 2. The van der Waals surface area contributed by atoms with E-state index in [1.807, 2.05) is 48.8 Å². The van der Waals surface area contributed by atoms with E-state index in [1.54, 1.807) is 6.20 Å². The Bertz CT molecular complexity index is 1280. The lowest BCUT2D eigenvalue weighted by molar-refractivity contribution is 0.993. The standard InChI is InChI=1S/C21H18ClN7/c22-15-1-3-19-17(10-15)20(26-16-2-4-18-14(9-16)12-25-29-18)28-21(27-19)24-8-6-13-5-7-23-11-13/h1-5,7,9-12,23H,6,8H2,(H,25,29)(H2,24,26,27,28). The van der Waals surface area contributed by atoms with E-state index >= 15 is 0 Å². The van der Waals surface area contributed by atoms with Crippen LogP contribution in [0, 0.1) is 0 Å². The highest BCUT2D eigenvalue weighted by Gasteiger charge is 2.10. The van der Waals surface area contributed by atoms with Gasteiger partial charge in [0.1, 0.15) is 5.82 Å². The van der Waals surface area contributed by atoms with Gasteiger partial charge in [-0.3, -0.25) is 5.10 Å². The molecule has 2 aromatic carbocycles. The third-order valence-corrected chi connectivity index (χ3v) is 4.95. The van der Waals surface area contributed by atoms with Gasteiger partial charge in [-0.05, 0) is 54.4 Å². The molecule has 0 unspecified atom stereocenters. The van der Waals surface area contributed by atoms with E-state index in [2.05, 4.69) is 36.9 Å². The van der Waals surface area contributed by atoms with Gasteiger partial charge in [-0.25, -0.2) is 4.98 Å². The summed E-state index contributed by atoms with van der Waals surface area (Å²) in [4.78, 5) is 12.4. The van der Waals surface area contributed by atoms with Gasteiger partial charge in [0.25, 0.3) is 0 Å². The smallest absolute Gasteiger partial charge is 0.225 e. The predicted octanol–water partition coefficient (Wildman–Crippen LogP) is 4.89. The van der Waals surface area contributed by atoms with Crippen LogP contribution in [0.15, 0.2) is 61.1 Å². The second kappa shape index (κ2) is 7.44. The van der Waals surface area contributed by atoms with Gasteiger partial charge in [0.15, 0.2) is 0 Å². The van der Waals surface area contributed by atoms with Crippen LogP contribution >= 0.6 is 11.6 Å². The number of anilines is 3. The topological polar surface area (TPSA) is 94.3 Å². The van der Waals surface area contributed by atoms with Gasteiger partial charge in [0, 0.05) is 40.4 Å². The Morgan fingerprint density at radius 2 is 2.00 bits per heavy atom. The molecule has 3 heterocycles. The van der Waals surface area contributed by atoms with Crippen molar-refractivity contribution in [1.82, 2.24) is 25.1 Å². The van der Waals surface area contributed by atoms with Crippen molar-refractivity contribution in [2.45, 2.75) is 6.42 Å². The SMILES string of the molecule is Clc1ccc2nc(NCCc3cc[nH]c3)nc(Nc3ccc4[nH]ncc4c3)c2c1. The van der Waals surface area contributed by atoms with Gasteiger partial charge < -0.3 is 15.6 Å². The second-order valence-corrected chi connectivity index (χ2v) is 7.19. The van der Waals surface area contributed by atoms with E-state index in [0.717, 1.165) is 40.5 Å². The van der Waals surface area contributed by atoms with E-state index in [1.165, 1.54) is 5.56 Å². The molecule has 0 atom stereocenters. The van der Waals surface area contributed by atoms with Crippen LogP contribution < -0.4 is 10.6 Å². The van der Waals surface area contributed by atoms with E-state index < -0.39 is 0 Å². The fourth-order valence-corrected chi connectivity index (χ4v) is 3.44. The van der Waals surface area contributed by atoms with Crippen LogP contribution in [0.1, 0.15) is 5.56 Å². The van der Waals surface area contributed by atoms with Gasteiger partial charge in [0.05, 0.1) is 17.2 Å². The van der Waals surface area contributed by atoms with E-state index in [4.69, 9.17) is 16.6 Å². The van der Waals surface area contributed by atoms with Gasteiger partial charge in [-0.15, -0.1) is 0 Å². The molecule has 8 heteroatoms. The average Bonchev–Trinajstić information content (AvgIpc) is 3.40. The molecule has 144 valence electrons. The summed E-state index contributed by atoms with van der Waals surface area (Å²) >= 11 is 6.22. The number of nitrogens with zero attached hydrogens (tertiary/aromatic N) is 3. The highest BCUT2D eigenvalue weighted by Crippen LogP contribution is 2.28. The van der Waals surface area contributed by atoms with Crippen LogP contribution in [-0.4, -0.2) is 31.7 Å². The molecule has 0 radical (unpaired) electrons. The average molecular weight is 404 g/mol. The maximum Gasteiger partial charge on any atom is 0.225 e. The summed E-state index contributed by atoms with van der Waals surface area (Å²) in [5.74, 6) is 1.27. The lowest BCUT2D eigenvalue weighted by Crippen LogP contribution is -2.09. The van der Waals surface area contributed by atoms with Gasteiger partial charge in [-0.1, -0.05) is 11.6 Å². The molecule has 0 aliphatic heterocycles. The molecular formula is C21H18ClN7. The Kier molecular flexibility index (Phi) is 4.50. The molecule has 0 saturated carbocycles. The Balaban J connectivity index is 1.46. The Morgan fingerprint density at radius 1 is 1.03 bits per heavy atom. The van der Waals surface area contributed by atoms with Crippen LogP contribution in [0.2, 0.25) is 5.02 Å². The second-order valence-electron chi connectivity index (χ2n) is 6.75. The van der Waals surface area contributed by atoms with Crippen molar-refractivity contribution in [1.29, 1.82) is 0 Å². The third-order valence-electron chi connectivity index (χ3n) is 4.72. The monoisotopic (exact) mass is 403 g/mol. The zero-order chi connectivity index (χ0) is 19.6. The number of hydrogen-bond acceptors (Lipinski definition) is 5. The number of aromatic nitrogens is 5. The maximum atomic E-state index is 6.22. The first-order chi connectivity index (χ1) is 14.2. The molecule has 0 bridgehead atoms. The number of H-pyrrole nitrogens is 2. The van der Waals surface area contributed by atoms with Crippen molar-refractivity contribution < 1.29 is 0 Å². The largest absolute Gasteiger partial charge is 0.367 e. The van der Waals surface area contributed by atoms with Crippen LogP contribution in [0.5, 0.6) is 0 Å². The van der Waals surface area contributed by atoms with Crippen molar-refractivity contribution in [3.8, 4) is 0 Å². The summed E-state index contributed by atoms with van der Waals surface area (Å²) in [5.41, 5.74) is 3.95. The number of rotatable bonds is 6. The van der Waals surface area contributed by atoms with Crippen molar-refractivity contribution >= 4 is 50.9 Å².